The maximum atomic E-state index is 12.3. The van der Waals surface area contributed by atoms with Crippen LogP contribution in [0.5, 0.6) is 0 Å². The fraction of sp³-hybridized carbons (Fsp3) is 0.136. The van der Waals surface area contributed by atoms with E-state index in [0.29, 0.717) is 17.1 Å². The van der Waals surface area contributed by atoms with Crippen molar-refractivity contribution < 1.29 is 14.7 Å². The Morgan fingerprint density at radius 3 is 2.31 bits per heavy atom. The van der Waals surface area contributed by atoms with Gasteiger partial charge >= 0.3 is 5.97 Å². The molecule has 0 spiro atoms. The minimum atomic E-state index is -1.50. The summed E-state index contributed by atoms with van der Waals surface area (Å²) in [6.07, 6.45) is 1.58. The summed E-state index contributed by atoms with van der Waals surface area (Å²) in [6, 6.07) is 18.7. The number of carbonyl (C=O) groups is 2. The zero-order chi connectivity index (χ0) is 18.7. The van der Waals surface area contributed by atoms with Crippen LogP contribution < -0.4 is 0 Å². The molecule has 0 fully saturated rings. The molecule has 1 N–H and O–H groups in total. The highest BCUT2D eigenvalue weighted by Gasteiger charge is 2.21. The molecule has 3 rings (SSSR count). The van der Waals surface area contributed by atoms with E-state index in [1.807, 2.05) is 54.6 Å². The van der Waals surface area contributed by atoms with Gasteiger partial charge in [-0.25, -0.2) is 9.78 Å². The lowest BCUT2D eigenvalue weighted by molar-refractivity contribution is -0.146. The predicted octanol–water partition coefficient (Wildman–Crippen LogP) is 4.55. The van der Waals surface area contributed by atoms with Gasteiger partial charge in [-0.1, -0.05) is 62.4 Å². The summed E-state index contributed by atoms with van der Waals surface area (Å²) in [5.74, 6) is -2.07. The van der Waals surface area contributed by atoms with E-state index in [-0.39, 0.29) is 5.57 Å². The van der Waals surface area contributed by atoms with Crippen molar-refractivity contribution in [3.05, 3.63) is 77.5 Å². The molecule has 0 radical (unpaired) electrons. The number of Topliss-reactive ketones (excluding diaryl/α,β-unsaturated/α-hetero) is 1. The van der Waals surface area contributed by atoms with Crippen LogP contribution in [-0.4, -0.2) is 21.8 Å². The third kappa shape index (κ3) is 3.70. The van der Waals surface area contributed by atoms with E-state index < -0.39 is 11.8 Å². The first-order valence-corrected chi connectivity index (χ1v) is 8.41. The van der Waals surface area contributed by atoms with Gasteiger partial charge in [0.25, 0.3) is 5.78 Å². The lowest BCUT2D eigenvalue weighted by Crippen LogP contribution is -2.15. The van der Waals surface area contributed by atoms with Crippen LogP contribution in [0.3, 0.4) is 0 Å². The molecule has 3 aromatic rings. The van der Waals surface area contributed by atoms with E-state index in [1.165, 1.54) is 5.56 Å². The molecule has 0 saturated heterocycles. The summed E-state index contributed by atoms with van der Waals surface area (Å²) in [7, 11) is 0. The van der Waals surface area contributed by atoms with E-state index in [2.05, 4.69) is 18.8 Å². The summed E-state index contributed by atoms with van der Waals surface area (Å²) < 4.78 is 0. The molecule has 4 heteroatoms. The highest BCUT2D eigenvalue weighted by Crippen LogP contribution is 2.22. The van der Waals surface area contributed by atoms with Gasteiger partial charge in [-0.05, 0) is 35.3 Å². The largest absolute Gasteiger partial charge is 0.475 e. The standard InChI is InChI=1S/C22H19NO3/c1-14(2)16-9-7-15(8-10-16)13-18(21(24)22(25)26)20-12-11-17-5-3-4-6-19(17)23-20/h3-14H,1-2H3,(H,25,26)/b18-13+. The average molecular weight is 345 g/mol. The number of ketones is 1. The van der Waals surface area contributed by atoms with Gasteiger partial charge in [0.15, 0.2) is 0 Å². The predicted molar refractivity (Wildman–Crippen MR) is 103 cm³/mol. The van der Waals surface area contributed by atoms with E-state index in [4.69, 9.17) is 0 Å². The quantitative estimate of drug-likeness (QED) is 0.544. The minimum absolute atomic E-state index is 0.0700. The van der Waals surface area contributed by atoms with E-state index in [1.54, 1.807) is 12.1 Å². The molecule has 26 heavy (non-hydrogen) atoms. The molecular formula is C22H19NO3. The number of carboxylic acids is 1. The van der Waals surface area contributed by atoms with Gasteiger partial charge in [0.1, 0.15) is 0 Å². The van der Waals surface area contributed by atoms with Crippen LogP contribution in [0.1, 0.15) is 36.6 Å². The molecule has 0 atom stereocenters. The zero-order valence-corrected chi connectivity index (χ0v) is 14.6. The molecule has 4 nitrogen and oxygen atoms in total. The number of para-hydroxylation sites is 1. The van der Waals surface area contributed by atoms with Crippen LogP contribution in [0.4, 0.5) is 0 Å². The maximum absolute atomic E-state index is 12.3. The monoisotopic (exact) mass is 345 g/mol. The van der Waals surface area contributed by atoms with Crippen molar-refractivity contribution in [3.8, 4) is 0 Å². The Kier molecular flexibility index (Phi) is 4.94. The first-order valence-electron chi connectivity index (χ1n) is 8.41. The Morgan fingerprint density at radius 1 is 0.962 bits per heavy atom. The van der Waals surface area contributed by atoms with Crippen LogP contribution in [0, 0.1) is 0 Å². The molecule has 0 aliphatic heterocycles. The summed E-state index contributed by atoms with van der Waals surface area (Å²) in [5, 5.41) is 10.1. The highest BCUT2D eigenvalue weighted by atomic mass is 16.4. The van der Waals surface area contributed by atoms with Crippen molar-refractivity contribution in [1.82, 2.24) is 4.98 Å². The summed E-state index contributed by atoms with van der Waals surface area (Å²) in [5.41, 5.74) is 3.07. The molecule has 0 bridgehead atoms. The number of carbonyl (C=O) groups excluding carboxylic acids is 1. The van der Waals surface area contributed by atoms with Gasteiger partial charge < -0.3 is 5.11 Å². The maximum Gasteiger partial charge on any atom is 0.377 e. The second-order valence-corrected chi connectivity index (χ2v) is 6.40. The Labute approximate surface area is 151 Å². The van der Waals surface area contributed by atoms with Crippen LogP contribution >= 0.6 is 0 Å². The van der Waals surface area contributed by atoms with Gasteiger partial charge in [-0.3, -0.25) is 4.79 Å². The van der Waals surface area contributed by atoms with Crippen molar-refractivity contribution in [2.24, 2.45) is 0 Å². The smallest absolute Gasteiger partial charge is 0.377 e. The normalized spacial score (nSPS) is 11.7. The fourth-order valence-electron chi connectivity index (χ4n) is 2.73. The molecule has 0 aliphatic carbocycles. The zero-order valence-electron chi connectivity index (χ0n) is 14.6. The van der Waals surface area contributed by atoms with E-state index in [9.17, 15) is 14.7 Å². The van der Waals surface area contributed by atoms with Gasteiger partial charge in [-0.2, -0.15) is 0 Å². The van der Waals surface area contributed by atoms with E-state index in [0.717, 1.165) is 10.9 Å². The molecule has 1 heterocycles. The number of hydrogen-bond donors (Lipinski definition) is 1. The Hall–Kier alpha value is -3.27. The first-order chi connectivity index (χ1) is 12.5. The van der Waals surface area contributed by atoms with Crippen LogP contribution in [0.15, 0.2) is 60.7 Å². The van der Waals surface area contributed by atoms with Crippen molar-refractivity contribution in [2.45, 2.75) is 19.8 Å². The average Bonchev–Trinajstić information content (AvgIpc) is 2.65. The fourth-order valence-corrected chi connectivity index (χ4v) is 2.73. The number of hydrogen-bond acceptors (Lipinski definition) is 3. The molecule has 1 aromatic heterocycles. The number of aromatic nitrogens is 1. The molecule has 0 amide bonds. The number of fused-ring (bicyclic) bond motifs is 1. The van der Waals surface area contributed by atoms with Crippen molar-refractivity contribution >= 4 is 34.3 Å². The van der Waals surface area contributed by atoms with Gasteiger partial charge in [0, 0.05) is 5.39 Å². The number of nitrogens with zero attached hydrogens (tertiary/aromatic N) is 1. The third-order valence-corrected chi connectivity index (χ3v) is 4.23. The molecule has 130 valence electrons. The first kappa shape index (κ1) is 17.5. The second kappa shape index (κ2) is 7.31. The third-order valence-electron chi connectivity index (χ3n) is 4.23. The van der Waals surface area contributed by atoms with Crippen LogP contribution in [0.25, 0.3) is 22.6 Å². The van der Waals surface area contributed by atoms with Crippen LogP contribution in [-0.2, 0) is 9.59 Å². The topological polar surface area (TPSA) is 67.3 Å². The van der Waals surface area contributed by atoms with Gasteiger partial charge in [0.05, 0.1) is 16.8 Å². The van der Waals surface area contributed by atoms with Crippen molar-refractivity contribution in [1.29, 1.82) is 0 Å². The summed E-state index contributed by atoms with van der Waals surface area (Å²) in [6.45, 7) is 4.20. The Morgan fingerprint density at radius 2 is 1.65 bits per heavy atom. The van der Waals surface area contributed by atoms with Gasteiger partial charge in [-0.15, -0.1) is 0 Å². The summed E-state index contributed by atoms with van der Waals surface area (Å²) in [4.78, 5) is 28.0. The van der Waals surface area contributed by atoms with E-state index >= 15 is 0 Å². The Balaban J connectivity index is 2.09. The minimum Gasteiger partial charge on any atom is -0.475 e. The summed E-state index contributed by atoms with van der Waals surface area (Å²) >= 11 is 0. The second-order valence-electron chi connectivity index (χ2n) is 6.40. The number of benzene rings is 2. The molecule has 0 unspecified atom stereocenters. The van der Waals surface area contributed by atoms with Crippen LogP contribution in [0.2, 0.25) is 0 Å². The number of rotatable bonds is 5. The molecule has 0 saturated carbocycles. The SMILES string of the molecule is CC(C)c1ccc(/C=C(/C(=O)C(=O)O)c2ccc3ccccc3n2)cc1. The van der Waals surface area contributed by atoms with Crippen molar-refractivity contribution in [2.75, 3.05) is 0 Å². The Bertz CT molecular complexity index is 1000. The lowest BCUT2D eigenvalue weighted by Gasteiger charge is -2.08. The molecular weight excluding hydrogens is 326 g/mol. The number of carboxylic acid groups (broad SMARTS) is 1. The number of aliphatic carboxylic acids is 1. The number of pyridine rings is 1. The molecule has 2 aromatic carbocycles. The van der Waals surface area contributed by atoms with Gasteiger partial charge in [0.2, 0.25) is 0 Å². The van der Waals surface area contributed by atoms with Crippen molar-refractivity contribution in [3.63, 3.8) is 0 Å². The lowest BCUT2D eigenvalue weighted by atomic mass is 9.99. The molecule has 0 aliphatic rings. The highest BCUT2D eigenvalue weighted by molar-refractivity contribution is 6.52.